The van der Waals surface area contributed by atoms with Gasteiger partial charge in [-0.1, -0.05) is 19.9 Å². The Morgan fingerprint density at radius 3 is 2.73 bits per heavy atom. The van der Waals surface area contributed by atoms with Gasteiger partial charge in [-0.15, -0.1) is 0 Å². The monoisotopic (exact) mass is 312 g/mol. The third kappa shape index (κ3) is 6.76. The average Bonchev–Trinajstić information content (AvgIpc) is 2.46. The summed E-state index contributed by atoms with van der Waals surface area (Å²) in [5, 5.41) is 15.0. The zero-order chi connectivity index (χ0) is 16.5. The van der Waals surface area contributed by atoms with Crippen LogP contribution in [0.3, 0.4) is 0 Å². The first kappa shape index (κ1) is 18.2. The van der Waals surface area contributed by atoms with E-state index in [4.69, 9.17) is 4.74 Å². The van der Waals surface area contributed by atoms with Crippen molar-refractivity contribution in [3.8, 4) is 5.75 Å². The zero-order valence-corrected chi connectivity index (χ0v) is 13.4. The normalized spacial score (nSPS) is 12.1. The summed E-state index contributed by atoms with van der Waals surface area (Å²) in [6, 6.07) is 4.29. The molecule has 0 aromatic heterocycles. The molecule has 1 aromatic carbocycles. The highest BCUT2D eigenvalue weighted by Gasteiger charge is 2.09. The van der Waals surface area contributed by atoms with Crippen molar-refractivity contribution in [1.82, 2.24) is 10.6 Å². The summed E-state index contributed by atoms with van der Waals surface area (Å²) < 4.78 is 18.2. The number of amides is 2. The Morgan fingerprint density at radius 1 is 1.36 bits per heavy atom. The van der Waals surface area contributed by atoms with Gasteiger partial charge in [-0.05, 0) is 36.5 Å². The predicted octanol–water partition coefficient (Wildman–Crippen LogP) is 2.08. The Morgan fingerprint density at radius 2 is 2.09 bits per heavy atom. The van der Waals surface area contributed by atoms with Crippen LogP contribution in [0.15, 0.2) is 18.2 Å². The third-order valence-electron chi connectivity index (χ3n) is 3.16. The van der Waals surface area contributed by atoms with Crippen LogP contribution in [-0.4, -0.2) is 37.4 Å². The van der Waals surface area contributed by atoms with Crippen LogP contribution in [0, 0.1) is 11.7 Å². The maximum atomic E-state index is 13.3. The topological polar surface area (TPSA) is 70.6 Å². The van der Waals surface area contributed by atoms with Crippen LogP contribution in [0.1, 0.15) is 25.8 Å². The number of benzene rings is 1. The van der Waals surface area contributed by atoms with E-state index in [0.717, 1.165) is 5.56 Å². The number of aliphatic hydroxyl groups excluding tert-OH is 1. The molecule has 1 aromatic rings. The molecule has 6 heteroatoms. The van der Waals surface area contributed by atoms with E-state index in [1.54, 1.807) is 12.1 Å². The van der Waals surface area contributed by atoms with Crippen LogP contribution in [0.2, 0.25) is 0 Å². The molecule has 0 saturated carbocycles. The quantitative estimate of drug-likeness (QED) is 0.688. The largest absolute Gasteiger partial charge is 0.494 e. The summed E-state index contributed by atoms with van der Waals surface area (Å²) in [6.07, 6.45) is 0.681. The molecule has 1 atom stereocenters. The molecule has 22 heavy (non-hydrogen) atoms. The number of ether oxygens (including phenoxy) is 1. The van der Waals surface area contributed by atoms with E-state index in [2.05, 4.69) is 10.6 Å². The summed E-state index contributed by atoms with van der Waals surface area (Å²) in [6.45, 7) is 4.68. The number of methoxy groups -OCH3 is 1. The Hall–Kier alpha value is -1.82. The molecule has 3 N–H and O–H groups in total. The van der Waals surface area contributed by atoms with Gasteiger partial charge < -0.3 is 20.5 Å². The first-order valence-electron chi connectivity index (χ1n) is 7.44. The Labute approximate surface area is 130 Å². The molecular weight excluding hydrogens is 287 g/mol. The van der Waals surface area contributed by atoms with Crippen molar-refractivity contribution in [1.29, 1.82) is 0 Å². The number of hydrogen-bond donors (Lipinski definition) is 3. The number of carbonyl (C=O) groups excluding carboxylic acids is 1. The van der Waals surface area contributed by atoms with Gasteiger partial charge in [-0.3, -0.25) is 0 Å². The average molecular weight is 312 g/mol. The van der Waals surface area contributed by atoms with Crippen LogP contribution < -0.4 is 15.4 Å². The van der Waals surface area contributed by atoms with Gasteiger partial charge in [0.1, 0.15) is 0 Å². The number of hydrogen-bond acceptors (Lipinski definition) is 3. The number of nitrogens with one attached hydrogen (secondary N) is 2. The summed E-state index contributed by atoms with van der Waals surface area (Å²) in [5.74, 6) is 0.170. The van der Waals surface area contributed by atoms with Gasteiger partial charge in [-0.25, -0.2) is 9.18 Å². The maximum Gasteiger partial charge on any atom is 0.314 e. The molecule has 0 aliphatic heterocycles. The van der Waals surface area contributed by atoms with E-state index in [-0.39, 0.29) is 18.3 Å². The molecule has 0 saturated heterocycles. The van der Waals surface area contributed by atoms with Crippen LogP contribution in [0.5, 0.6) is 5.75 Å². The first-order chi connectivity index (χ1) is 10.4. The molecule has 0 fully saturated rings. The molecule has 0 aliphatic carbocycles. The Balaban J connectivity index is 2.27. The Bertz CT molecular complexity index is 480. The van der Waals surface area contributed by atoms with E-state index < -0.39 is 11.9 Å². The molecule has 0 aliphatic rings. The van der Waals surface area contributed by atoms with Crippen molar-refractivity contribution in [2.24, 2.45) is 5.92 Å². The van der Waals surface area contributed by atoms with Gasteiger partial charge in [0.25, 0.3) is 0 Å². The van der Waals surface area contributed by atoms with E-state index in [9.17, 15) is 14.3 Å². The second-order valence-electron chi connectivity index (χ2n) is 5.64. The van der Waals surface area contributed by atoms with E-state index >= 15 is 0 Å². The second kappa shape index (κ2) is 9.25. The highest BCUT2D eigenvalue weighted by atomic mass is 19.1. The van der Waals surface area contributed by atoms with E-state index in [0.29, 0.717) is 25.3 Å². The SMILES string of the molecule is COc1cc(CCNC(=O)NCC(O)CC(C)C)ccc1F. The smallest absolute Gasteiger partial charge is 0.314 e. The minimum atomic E-state index is -0.535. The van der Waals surface area contributed by atoms with Gasteiger partial charge in [0, 0.05) is 13.1 Å². The molecule has 5 nitrogen and oxygen atoms in total. The van der Waals surface area contributed by atoms with Crippen LogP contribution in [0.4, 0.5) is 9.18 Å². The molecule has 124 valence electrons. The lowest BCUT2D eigenvalue weighted by Crippen LogP contribution is -2.40. The van der Waals surface area contributed by atoms with Gasteiger partial charge in [0.2, 0.25) is 0 Å². The number of halogens is 1. The molecular formula is C16H25FN2O3. The lowest BCUT2D eigenvalue weighted by Gasteiger charge is -2.14. The standard InChI is InChI=1S/C16H25FN2O3/c1-11(2)8-13(20)10-19-16(21)18-7-6-12-4-5-14(17)15(9-12)22-3/h4-5,9,11,13,20H,6-8,10H2,1-3H3,(H2,18,19,21). The van der Waals surface area contributed by atoms with Crippen molar-refractivity contribution in [2.45, 2.75) is 32.8 Å². The zero-order valence-electron chi connectivity index (χ0n) is 13.4. The van der Waals surface area contributed by atoms with Crippen molar-refractivity contribution in [3.63, 3.8) is 0 Å². The number of rotatable bonds is 8. The molecule has 2 amide bonds. The van der Waals surface area contributed by atoms with Crippen molar-refractivity contribution in [2.75, 3.05) is 20.2 Å². The summed E-state index contributed by atoms with van der Waals surface area (Å²) in [5.41, 5.74) is 0.874. The molecule has 1 unspecified atom stereocenters. The van der Waals surface area contributed by atoms with E-state index in [1.165, 1.54) is 13.2 Å². The van der Waals surface area contributed by atoms with Crippen molar-refractivity contribution < 1.29 is 19.0 Å². The van der Waals surface area contributed by atoms with Gasteiger partial charge >= 0.3 is 6.03 Å². The van der Waals surface area contributed by atoms with Crippen LogP contribution >= 0.6 is 0 Å². The minimum absolute atomic E-state index is 0.193. The molecule has 0 spiro atoms. The molecule has 0 radical (unpaired) electrons. The minimum Gasteiger partial charge on any atom is -0.494 e. The highest BCUT2D eigenvalue weighted by molar-refractivity contribution is 5.73. The third-order valence-corrected chi connectivity index (χ3v) is 3.16. The van der Waals surface area contributed by atoms with E-state index in [1.807, 2.05) is 13.8 Å². The fourth-order valence-corrected chi connectivity index (χ4v) is 2.08. The maximum absolute atomic E-state index is 13.3. The molecule has 0 bridgehead atoms. The number of urea groups is 1. The number of aliphatic hydroxyl groups is 1. The van der Waals surface area contributed by atoms with Crippen molar-refractivity contribution in [3.05, 3.63) is 29.6 Å². The highest BCUT2D eigenvalue weighted by Crippen LogP contribution is 2.18. The Kier molecular flexibility index (Phi) is 7.66. The second-order valence-corrected chi connectivity index (χ2v) is 5.64. The van der Waals surface area contributed by atoms with Gasteiger partial charge in [0.15, 0.2) is 11.6 Å². The molecule has 1 rings (SSSR count). The molecule has 0 heterocycles. The van der Waals surface area contributed by atoms with Gasteiger partial charge in [0.05, 0.1) is 13.2 Å². The van der Waals surface area contributed by atoms with Crippen molar-refractivity contribution >= 4 is 6.03 Å². The van der Waals surface area contributed by atoms with Gasteiger partial charge in [-0.2, -0.15) is 0 Å². The van der Waals surface area contributed by atoms with Crippen LogP contribution in [-0.2, 0) is 6.42 Å². The fraction of sp³-hybridized carbons (Fsp3) is 0.562. The lowest BCUT2D eigenvalue weighted by atomic mass is 10.1. The lowest BCUT2D eigenvalue weighted by molar-refractivity contribution is 0.147. The number of carbonyl (C=O) groups is 1. The summed E-state index contributed by atoms with van der Waals surface area (Å²) >= 11 is 0. The predicted molar refractivity (Wildman–Crippen MR) is 83.5 cm³/mol. The van der Waals surface area contributed by atoms with Crippen LogP contribution in [0.25, 0.3) is 0 Å². The fourth-order valence-electron chi connectivity index (χ4n) is 2.08. The summed E-state index contributed by atoms with van der Waals surface area (Å²) in [7, 11) is 1.41. The first-order valence-corrected chi connectivity index (χ1v) is 7.44. The summed E-state index contributed by atoms with van der Waals surface area (Å²) in [4.78, 5) is 11.6.